The third kappa shape index (κ3) is 8.45. The molecule has 87 heavy (non-hydrogen) atoms. The molecule has 0 amide bonds. The van der Waals surface area contributed by atoms with Gasteiger partial charge in [0.25, 0.3) is 0 Å². The number of allylic oxidation sites excluding steroid dienone is 6. The molecule has 432 valence electrons. The predicted molar refractivity (Wildman–Crippen MR) is 349 cm³/mol. The van der Waals surface area contributed by atoms with Gasteiger partial charge in [-0.1, -0.05) is 94.4 Å². The summed E-state index contributed by atoms with van der Waals surface area (Å²) in [6.45, 7) is 19.4. The van der Waals surface area contributed by atoms with Crippen molar-refractivity contribution in [1.82, 2.24) is 19.9 Å². The van der Waals surface area contributed by atoms with Gasteiger partial charge in [0.05, 0.1) is 38.9 Å². The molecule has 0 unspecified atom stereocenters. The summed E-state index contributed by atoms with van der Waals surface area (Å²) in [5.41, 5.74) is 11.1. The average molecular weight is 1150 g/mol. The van der Waals surface area contributed by atoms with Crippen molar-refractivity contribution >= 4 is 95.7 Å². The van der Waals surface area contributed by atoms with E-state index in [9.17, 15) is 19.2 Å². The number of Topliss-reactive ketones (excluding diaryl/α,β-unsaturated/α-hetero) is 4. The van der Waals surface area contributed by atoms with Crippen molar-refractivity contribution in [3.63, 3.8) is 0 Å². The lowest BCUT2D eigenvalue weighted by molar-refractivity contribution is 0.0973. The van der Waals surface area contributed by atoms with Crippen molar-refractivity contribution in [3.8, 4) is 11.1 Å². The van der Waals surface area contributed by atoms with Crippen molar-refractivity contribution in [2.24, 2.45) is 5.92 Å². The summed E-state index contributed by atoms with van der Waals surface area (Å²) in [7, 11) is 0. The molecule has 7 aromatic carbocycles. The third-order valence-electron chi connectivity index (χ3n) is 19.3. The third-order valence-corrected chi connectivity index (χ3v) is 19.3. The molecule has 0 spiro atoms. The first-order chi connectivity index (χ1) is 41.9. The molecule has 12 nitrogen and oxygen atoms in total. The number of para-hydroxylation sites is 1. The molecule has 7 aliphatic rings. The quantitative estimate of drug-likeness (QED) is 0.101. The van der Waals surface area contributed by atoms with Gasteiger partial charge in [-0.05, 0) is 219 Å². The van der Waals surface area contributed by atoms with Gasteiger partial charge in [-0.3, -0.25) is 24.1 Å². The van der Waals surface area contributed by atoms with E-state index in [0.717, 1.165) is 151 Å². The molecule has 2 aliphatic heterocycles. The van der Waals surface area contributed by atoms with Crippen LogP contribution < -0.4 is 19.6 Å². The molecule has 0 N–H and O–H groups in total. The number of hydrogen-bond acceptors (Lipinski definition) is 12. The molecule has 2 bridgehead atoms. The zero-order valence-corrected chi connectivity index (χ0v) is 50.7. The number of carbonyl (C=O) groups is 4. The summed E-state index contributed by atoms with van der Waals surface area (Å²) < 4.78 is 0. The van der Waals surface area contributed by atoms with Crippen LogP contribution in [0.1, 0.15) is 164 Å². The number of hydrogen-bond donors (Lipinski definition) is 0. The maximum atomic E-state index is 14.8. The summed E-state index contributed by atoms with van der Waals surface area (Å²) in [6.07, 6.45) is 13.8. The lowest BCUT2D eigenvalue weighted by Crippen LogP contribution is -2.54. The highest BCUT2D eigenvalue weighted by atomic mass is 16.2. The minimum Gasteiger partial charge on any atom is -0.307 e. The van der Waals surface area contributed by atoms with Crippen LogP contribution in [-0.2, 0) is 0 Å². The van der Waals surface area contributed by atoms with Gasteiger partial charge in [0.1, 0.15) is 11.6 Å². The van der Waals surface area contributed by atoms with E-state index in [1.807, 2.05) is 78.9 Å². The minimum absolute atomic E-state index is 0.0227. The van der Waals surface area contributed by atoms with E-state index in [1.165, 1.54) is 0 Å². The summed E-state index contributed by atoms with van der Waals surface area (Å²) >= 11 is 0. The van der Waals surface area contributed by atoms with E-state index >= 15 is 0 Å². The summed E-state index contributed by atoms with van der Waals surface area (Å²) in [6, 6.07) is 40.2. The number of aryl methyl sites for hydroxylation is 1. The minimum atomic E-state index is -0.314. The van der Waals surface area contributed by atoms with Gasteiger partial charge >= 0.3 is 0 Å². The fraction of sp³-hybridized carbons (Fsp3) is 0.280. The number of rotatable bonds is 9. The SMILES string of the molecule is Cc1ccc2nc3c(nc2c1)N(c1c(C(C)C)cccc1C(C)C)/C(=C\C=C1\C(=O)c2cc4ccc(-c5ccc6nc7c(nc6c5)N(C56CCC(CC5)CC6)/C(=C\C=C5C(=O)c6cc8ccccc8cc6C5=O)N7C(C)C)cc4cc2C1=O)N3C(C)C. The van der Waals surface area contributed by atoms with Crippen molar-refractivity contribution < 1.29 is 19.2 Å². The number of benzene rings is 7. The molecular formula is C75H68N8O4. The van der Waals surface area contributed by atoms with Crippen LogP contribution in [0.25, 0.3) is 54.7 Å². The lowest BCUT2D eigenvalue weighted by Gasteiger charge is -2.52. The fourth-order valence-electron chi connectivity index (χ4n) is 14.9. The fourth-order valence-corrected chi connectivity index (χ4v) is 14.9. The van der Waals surface area contributed by atoms with Crippen LogP contribution in [0.2, 0.25) is 0 Å². The Bertz CT molecular complexity index is 4590. The van der Waals surface area contributed by atoms with Crippen LogP contribution in [0.4, 0.5) is 29.0 Å². The summed E-state index contributed by atoms with van der Waals surface area (Å²) in [5.74, 6) is 4.57. The van der Waals surface area contributed by atoms with Gasteiger partial charge < -0.3 is 14.7 Å². The second kappa shape index (κ2) is 20.1. The van der Waals surface area contributed by atoms with E-state index < -0.39 is 0 Å². The second-order valence-electron chi connectivity index (χ2n) is 26.1. The first-order valence-corrected chi connectivity index (χ1v) is 31.0. The van der Waals surface area contributed by atoms with Gasteiger partial charge in [0.2, 0.25) is 0 Å². The Morgan fingerprint density at radius 1 is 0.448 bits per heavy atom. The highest BCUT2D eigenvalue weighted by Gasteiger charge is 2.52. The predicted octanol–water partition coefficient (Wildman–Crippen LogP) is 16.9. The smallest absolute Gasteiger partial charge is 0.197 e. The van der Waals surface area contributed by atoms with Crippen molar-refractivity contribution in [1.29, 1.82) is 0 Å². The molecule has 4 heterocycles. The maximum absolute atomic E-state index is 14.8. The van der Waals surface area contributed by atoms with Crippen LogP contribution in [0.5, 0.6) is 0 Å². The molecule has 0 saturated heterocycles. The Morgan fingerprint density at radius 3 is 1.47 bits per heavy atom. The number of ketones is 4. The summed E-state index contributed by atoms with van der Waals surface area (Å²) in [5, 5.41) is 3.55. The van der Waals surface area contributed by atoms with Gasteiger partial charge in [0, 0.05) is 39.9 Å². The number of nitrogens with zero attached hydrogens (tertiary/aromatic N) is 8. The first kappa shape index (κ1) is 54.2. The zero-order valence-electron chi connectivity index (χ0n) is 50.7. The monoisotopic (exact) mass is 1140 g/mol. The number of fused-ring (bicyclic) bond motifs is 11. The molecule has 3 saturated carbocycles. The Labute approximate surface area is 506 Å². The molecule has 12 heteroatoms. The number of carbonyl (C=O) groups excluding carboxylic acids is 4. The topological polar surface area (TPSA) is 133 Å². The van der Waals surface area contributed by atoms with Crippen LogP contribution in [0.3, 0.4) is 0 Å². The van der Waals surface area contributed by atoms with Gasteiger partial charge in [-0.2, -0.15) is 0 Å². The van der Waals surface area contributed by atoms with Crippen molar-refractivity contribution in [2.75, 3.05) is 19.6 Å². The van der Waals surface area contributed by atoms with E-state index in [-0.39, 0.29) is 63.7 Å². The highest BCUT2D eigenvalue weighted by molar-refractivity contribution is 6.41. The van der Waals surface area contributed by atoms with Crippen LogP contribution in [0, 0.1) is 12.8 Å². The second-order valence-corrected chi connectivity index (χ2v) is 26.1. The molecule has 16 rings (SSSR count). The molecule has 5 aliphatic carbocycles. The van der Waals surface area contributed by atoms with Gasteiger partial charge in [-0.25, -0.2) is 19.9 Å². The van der Waals surface area contributed by atoms with E-state index in [1.54, 1.807) is 12.2 Å². The largest absolute Gasteiger partial charge is 0.307 e. The van der Waals surface area contributed by atoms with Gasteiger partial charge in [0.15, 0.2) is 46.4 Å². The number of anilines is 5. The Morgan fingerprint density at radius 2 is 0.908 bits per heavy atom. The molecule has 9 aromatic rings. The van der Waals surface area contributed by atoms with Gasteiger partial charge in [-0.15, -0.1) is 0 Å². The van der Waals surface area contributed by atoms with Crippen LogP contribution in [-0.4, -0.2) is 60.7 Å². The van der Waals surface area contributed by atoms with Crippen molar-refractivity contribution in [3.05, 3.63) is 207 Å². The van der Waals surface area contributed by atoms with Crippen molar-refractivity contribution in [2.45, 2.75) is 130 Å². The van der Waals surface area contributed by atoms with E-state index in [0.29, 0.717) is 28.1 Å². The first-order valence-electron chi connectivity index (χ1n) is 31.0. The highest BCUT2D eigenvalue weighted by Crippen LogP contribution is 2.56. The molecule has 0 radical (unpaired) electrons. The van der Waals surface area contributed by atoms with E-state index in [2.05, 4.69) is 137 Å². The molecule has 0 atom stereocenters. The Balaban J connectivity index is 0.792. The standard InChI is InChI=1S/C75H68N8O4/c1-40(2)52-15-12-16-53(41(3)4)66(52)82-64(80(42(5)6)71-72(82)78-62-33-44(9)17-23-60(62)76-71)25-21-54-67(84)58-37-49-19-18-48(34-51(49)38-59(58)70(54)87)50-20-24-61-63(39-50)79-74-73(77-61)81(43(7)8)65(83(74)75-30-27-45(28-31-75)29-32-75)26-22-55-68(85)56-35-46-13-10-11-14-47(46)36-57(56)69(55)86/h10-26,33-43,45H,27-32H2,1-9H3/b54-21-,64-25-,65-26-. The van der Waals surface area contributed by atoms with E-state index in [4.69, 9.17) is 19.9 Å². The Kier molecular flexibility index (Phi) is 12.5. The van der Waals surface area contributed by atoms with Crippen LogP contribution >= 0.6 is 0 Å². The summed E-state index contributed by atoms with van der Waals surface area (Å²) in [4.78, 5) is 88.3. The molecular weight excluding hydrogens is 1080 g/mol. The average Bonchev–Trinajstić information content (AvgIpc) is 1.62. The maximum Gasteiger partial charge on any atom is 0.197 e. The normalized spacial score (nSPS) is 20.4. The zero-order chi connectivity index (χ0) is 60.1. The molecule has 2 aromatic heterocycles. The van der Waals surface area contributed by atoms with Crippen LogP contribution in [0.15, 0.2) is 168 Å². The molecule has 3 fully saturated rings. The number of aromatic nitrogens is 4. The Hall–Kier alpha value is -9.42. The lowest BCUT2D eigenvalue weighted by atomic mass is 9.65.